The maximum Gasteiger partial charge on any atom is 0.191 e. The number of morpholine rings is 1. The van der Waals surface area contributed by atoms with Crippen molar-refractivity contribution in [1.29, 1.82) is 0 Å². The van der Waals surface area contributed by atoms with Crippen molar-refractivity contribution in [3.8, 4) is 0 Å². The summed E-state index contributed by atoms with van der Waals surface area (Å²) in [6.07, 6.45) is 0. The molecule has 6 heteroatoms. The van der Waals surface area contributed by atoms with E-state index >= 15 is 0 Å². The minimum Gasteiger partial charge on any atom is -0.379 e. The molecule has 1 aromatic carbocycles. The quantitative estimate of drug-likeness (QED) is 0.637. The normalized spacial score (nSPS) is 20.7. The maximum atomic E-state index is 13.6. The van der Waals surface area contributed by atoms with Gasteiger partial charge in [-0.1, -0.05) is 12.1 Å². The monoisotopic (exact) mass is 336 g/mol. The fraction of sp³-hybridized carbons (Fsp3) is 0.611. The zero-order valence-corrected chi connectivity index (χ0v) is 15.1. The third kappa shape index (κ3) is 5.18. The Morgan fingerprint density at radius 3 is 2.92 bits per heavy atom. The summed E-state index contributed by atoms with van der Waals surface area (Å²) in [4.78, 5) is 6.68. The first-order chi connectivity index (χ1) is 11.5. The number of guanidine groups is 1. The molecule has 2 atom stereocenters. The molecule has 1 aliphatic heterocycles. The summed E-state index contributed by atoms with van der Waals surface area (Å²) in [5.41, 5.74) is 1.56. The van der Waals surface area contributed by atoms with E-state index in [-0.39, 0.29) is 5.82 Å². The number of hydrogen-bond donors (Lipinski definition) is 2. The van der Waals surface area contributed by atoms with Crippen LogP contribution in [0.2, 0.25) is 0 Å². The van der Waals surface area contributed by atoms with Crippen molar-refractivity contribution in [3.05, 3.63) is 35.1 Å². The van der Waals surface area contributed by atoms with Crippen LogP contribution in [0.25, 0.3) is 0 Å². The average molecular weight is 336 g/mol. The van der Waals surface area contributed by atoms with E-state index in [0.29, 0.717) is 24.2 Å². The summed E-state index contributed by atoms with van der Waals surface area (Å²) in [7, 11) is 1.74. The Bertz CT molecular complexity index is 564. The largest absolute Gasteiger partial charge is 0.379 e. The third-order valence-electron chi connectivity index (χ3n) is 4.47. The van der Waals surface area contributed by atoms with Crippen LogP contribution in [0.5, 0.6) is 0 Å². The molecule has 134 valence electrons. The molecule has 2 rings (SSSR count). The van der Waals surface area contributed by atoms with Gasteiger partial charge < -0.3 is 15.4 Å². The maximum absolute atomic E-state index is 13.6. The Labute approximate surface area is 144 Å². The topological polar surface area (TPSA) is 48.9 Å². The number of benzene rings is 1. The summed E-state index contributed by atoms with van der Waals surface area (Å²) in [6, 6.07) is 6.11. The van der Waals surface area contributed by atoms with Gasteiger partial charge in [0.1, 0.15) is 5.82 Å². The van der Waals surface area contributed by atoms with Gasteiger partial charge in [0.05, 0.1) is 13.2 Å². The Kier molecular flexibility index (Phi) is 6.99. The van der Waals surface area contributed by atoms with Gasteiger partial charge in [0, 0.05) is 38.8 Å². The van der Waals surface area contributed by atoms with Gasteiger partial charge >= 0.3 is 0 Å². The summed E-state index contributed by atoms with van der Waals surface area (Å²) >= 11 is 0. The second-order valence-corrected chi connectivity index (χ2v) is 6.40. The van der Waals surface area contributed by atoms with E-state index in [9.17, 15) is 4.39 Å². The molecule has 5 nitrogen and oxygen atoms in total. The molecule has 24 heavy (non-hydrogen) atoms. The van der Waals surface area contributed by atoms with Crippen LogP contribution in [0.15, 0.2) is 23.2 Å². The molecular weight excluding hydrogens is 307 g/mol. The van der Waals surface area contributed by atoms with Gasteiger partial charge in [-0.25, -0.2) is 4.39 Å². The number of aliphatic imine (C=N–C) groups is 1. The second kappa shape index (κ2) is 8.99. The average Bonchev–Trinajstić information content (AvgIpc) is 2.58. The number of rotatable bonds is 5. The van der Waals surface area contributed by atoms with Crippen LogP contribution in [0.1, 0.15) is 25.0 Å². The second-order valence-electron chi connectivity index (χ2n) is 6.40. The summed E-state index contributed by atoms with van der Waals surface area (Å²) in [6.45, 7) is 10.0. The van der Waals surface area contributed by atoms with E-state index in [1.807, 2.05) is 6.07 Å². The molecule has 1 aliphatic rings. The first-order valence-corrected chi connectivity index (χ1v) is 8.54. The van der Waals surface area contributed by atoms with Crippen molar-refractivity contribution in [2.75, 3.05) is 33.4 Å². The SMILES string of the molecule is CN=C(NCc1ccc(C)c(F)c1)NCC(C)N1CCOCC1C. The van der Waals surface area contributed by atoms with Crippen LogP contribution in [0.3, 0.4) is 0 Å². The number of nitrogens with one attached hydrogen (secondary N) is 2. The Morgan fingerprint density at radius 1 is 1.46 bits per heavy atom. The fourth-order valence-corrected chi connectivity index (χ4v) is 2.91. The first kappa shape index (κ1) is 18.7. The van der Waals surface area contributed by atoms with E-state index in [1.54, 1.807) is 26.1 Å². The Morgan fingerprint density at radius 2 is 2.25 bits per heavy atom. The van der Waals surface area contributed by atoms with Crippen LogP contribution in [0.4, 0.5) is 4.39 Å². The molecule has 1 saturated heterocycles. The lowest BCUT2D eigenvalue weighted by Gasteiger charge is -2.38. The number of halogens is 1. The highest BCUT2D eigenvalue weighted by Gasteiger charge is 2.23. The summed E-state index contributed by atoms with van der Waals surface area (Å²) < 4.78 is 19.1. The van der Waals surface area contributed by atoms with Crippen LogP contribution in [0, 0.1) is 12.7 Å². The van der Waals surface area contributed by atoms with E-state index in [1.165, 1.54) is 0 Å². The number of hydrogen-bond acceptors (Lipinski definition) is 3. The van der Waals surface area contributed by atoms with Crippen molar-refractivity contribution < 1.29 is 9.13 Å². The highest BCUT2D eigenvalue weighted by Crippen LogP contribution is 2.10. The van der Waals surface area contributed by atoms with Gasteiger partial charge in [-0.3, -0.25) is 9.89 Å². The standard InChI is InChI=1S/C18H29FN4O/c1-13-5-6-16(9-17(13)19)11-22-18(20-4)21-10-14(2)23-7-8-24-12-15(23)3/h5-6,9,14-15H,7-8,10-12H2,1-4H3,(H2,20,21,22). The van der Waals surface area contributed by atoms with Crippen LogP contribution >= 0.6 is 0 Å². The van der Waals surface area contributed by atoms with Gasteiger partial charge in [0.25, 0.3) is 0 Å². The van der Waals surface area contributed by atoms with Crippen LogP contribution in [-0.4, -0.2) is 56.3 Å². The highest BCUT2D eigenvalue weighted by atomic mass is 19.1. The van der Waals surface area contributed by atoms with Crippen molar-refractivity contribution in [1.82, 2.24) is 15.5 Å². The van der Waals surface area contributed by atoms with Gasteiger partial charge in [0.15, 0.2) is 5.96 Å². The summed E-state index contributed by atoms with van der Waals surface area (Å²) in [5, 5.41) is 6.58. The van der Waals surface area contributed by atoms with E-state index in [0.717, 1.165) is 37.8 Å². The summed E-state index contributed by atoms with van der Waals surface area (Å²) in [5.74, 6) is 0.552. The molecule has 0 bridgehead atoms. The predicted octanol–water partition coefficient (Wildman–Crippen LogP) is 1.91. The van der Waals surface area contributed by atoms with Gasteiger partial charge in [-0.05, 0) is 38.0 Å². The zero-order chi connectivity index (χ0) is 17.5. The molecule has 2 N–H and O–H groups in total. The van der Waals surface area contributed by atoms with Crippen molar-refractivity contribution in [2.24, 2.45) is 4.99 Å². The van der Waals surface area contributed by atoms with Crippen molar-refractivity contribution in [2.45, 2.75) is 39.4 Å². The molecule has 0 saturated carbocycles. The van der Waals surface area contributed by atoms with Gasteiger partial charge in [-0.2, -0.15) is 0 Å². The molecule has 2 unspecified atom stereocenters. The van der Waals surface area contributed by atoms with Gasteiger partial charge in [-0.15, -0.1) is 0 Å². The van der Waals surface area contributed by atoms with Crippen LogP contribution in [-0.2, 0) is 11.3 Å². The van der Waals surface area contributed by atoms with Crippen molar-refractivity contribution in [3.63, 3.8) is 0 Å². The molecule has 0 amide bonds. The minimum atomic E-state index is -0.174. The number of ether oxygens (including phenoxy) is 1. The molecule has 0 aliphatic carbocycles. The zero-order valence-electron chi connectivity index (χ0n) is 15.1. The molecule has 1 aromatic rings. The smallest absolute Gasteiger partial charge is 0.191 e. The van der Waals surface area contributed by atoms with Crippen molar-refractivity contribution >= 4 is 5.96 Å². The number of aryl methyl sites for hydroxylation is 1. The number of nitrogens with zero attached hydrogens (tertiary/aromatic N) is 2. The lowest BCUT2D eigenvalue weighted by molar-refractivity contribution is -0.0174. The first-order valence-electron chi connectivity index (χ1n) is 8.54. The molecule has 0 aromatic heterocycles. The van der Waals surface area contributed by atoms with E-state index in [2.05, 4.69) is 34.4 Å². The van der Waals surface area contributed by atoms with Crippen LogP contribution < -0.4 is 10.6 Å². The lowest BCUT2D eigenvalue weighted by atomic mass is 10.1. The Hall–Kier alpha value is -1.66. The third-order valence-corrected chi connectivity index (χ3v) is 4.47. The Balaban J connectivity index is 1.80. The molecule has 1 heterocycles. The van der Waals surface area contributed by atoms with E-state index < -0.39 is 0 Å². The van der Waals surface area contributed by atoms with E-state index in [4.69, 9.17) is 4.74 Å². The highest BCUT2D eigenvalue weighted by molar-refractivity contribution is 5.79. The molecule has 0 spiro atoms. The molecular formula is C18H29FN4O. The fourth-order valence-electron chi connectivity index (χ4n) is 2.91. The predicted molar refractivity (Wildman–Crippen MR) is 95.8 cm³/mol. The lowest BCUT2D eigenvalue weighted by Crippen LogP contribution is -2.52. The molecule has 1 fully saturated rings. The van der Waals surface area contributed by atoms with Gasteiger partial charge in [0.2, 0.25) is 0 Å². The molecule has 0 radical (unpaired) electrons. The minimum absolute atomic E-state index is 0.174.